The van der Waals surface area contributed by atoms with Gasteiger partial charge in [0.2, 0.25) is 0 Å². The largest absolute Gasteiger partial charge is 0.488 e. The topological polar surface area (TPSA) is 79.8 Å². The third-order valence-electron chi connectivity index (χ3n) is 4.31. The number of rotatable bonds is 7. The van der Waals surface area contributed by atoms with Gasteiger partial charge < -0.3 is 10.1 Å². The van der Waals surface area contributed by atoms with E-state index in [-0.39, 0.29) is 6.54 Å². The number of carbonyl (C=O) groups excluding carboxylic acids is 2. The SMILES string of the molecule is Cc1ccc(COc2ccccc2/C=N\NC(=O)C(=O)NCc2ccccc2)cc1. The Morgan fingerprint density at radius 2 is 1.57 bits per heavy atom. The van der Waals surface area contributed by atoms with Crippen molar-refractivity contribution < 1.29 is 14.3 Å². The number of hydrogen-bond acceptors (Lipinski definition) is 4. The van der Waals surface area contributed by atoms with E-state index >= 15 is 0 Å². The van der Waals surface area contributed by atoms with E-state index in [0.717, 1.165) is 11.1 Å². The zero-order chi connectivity index (χ0) is 21.2. The van der Waals surface area contributed by atoms with Gasteiger partial charge in [-0.2, -0.15) is 5.10 Å². The molecule has 3 aromatic rings. The molecule has 0 atom stereocenters. The number of hydrogen-bond donors (Lipinski definition) is 2. The molecule has 6 nitrogen and oxygen atoms in total. The third-order valence-corrected chi connectivity index (χ3v) is 4.31. The highest BCUT2D eigenvalue weighted by Gasteiger charge is 2.12. The highest BCUT2D eigenvalue weighted by Crippen LogP contribution is 2.17. The molecule has 2 amide bonds. The molecule has 0 fully saturated rings. The fourth-order valence-electron chi connectivity index (χ4n) is 2.63. The van der Waals surface area contributed by atoms with Crippen molar-refractivity contribution in [3.63, 3.8) is 0 Å². The lowest BCUT2D eigenvalue weighted by molar-refractivity contribution is -0.139. The van der Waals surface area contributed by atoms with Crippen LogP contribution in [0.4, 0.5) is 0 Å². The highest BCUT2D eigenvalue weighted by molar-refractivity contribution is 6.35. The summed E-state index contributed by atoms with van der Waals surface area (Å²) in [5.41, 5.74) is 6.07. The lowest BCUT2D eigenvalue weighted by Crippen LogP contribution is -2.37. The minimum atomic E-state index is -0.833. The lowest BCUT2D eigenvalue weighted by atomic mass is 10.1. The van der Waals surface area contributed by atoms with E-state index in [4.69, 9.17) is 4.74 Å². The molecule has 30 heavy (non-hydrogen) atoms. The number of amides is 2. The summed E-state index contributed by atoms with van der Waals surface area (Å²) in [6.45, 7) is 2.72. The van der Waals surface area contributed by atoms with Crippen LogP contribution in [0.15, 0.2) is 84.0 Å². The molecule has 152 valence electrons. The Bertz CT molecular complexity index is 1020. The number of nitrogens with one attached hydrogen (secondary N) is 2. The van der Waals surface area contributed by atoms with Gasteiger partial charge in [0.1, 0.15) is 12.4 Å². The summed E-state index contributed by atoms with van der Waals surface area (Å²) in [5, 5.41) is 6.43. The van der Waals surface area contributed by atoms with Crippen molar-refractivity contribution in [3.05, 3.63) is 101 Å². The molecule has 0 aliphatic heterocycles. The smallest absolute Gasteiger partial charge is 0.329 e. The minimum absolute atomic E-state index is 0.270. The summed E-state index contributed by atoms with van der Waals surface area (Å²) in [6.07, 6.45) is 1.45. The minimum Gasteiger partial charge on any atom is -0.488 e. The van der Waals surface area contributed by atoms with Crippen LogP contribution >= 0.6 is 0 Å². The van der Waals surface area contributed by atoms with Gasteiger partial charge in [0.15, 0.2) is 0 Å². The van der Waals surface area contributed by atoms with Crippen molar-refractivity contribution in [1.29, 1.82) is 0 Å². The molecule has 3 aromatic carbocycles. The molecule has 0 unspecified atom stereocenters. The Morgan fingerprint density at radius 3 is 2.33 bits per heavy atom. The quantitative estimate of drug-likeness (QED) is 0.362. The number of carbonyl (C=O) groups is 2. The Hall–Kier alpha value is -3.93. The van der Waals surface area contributed by atoms with Gasteiger partial charge in [0, 0.05) is 12.1 Å². The van der Waals surface area contributed by atoms with Gasteiger partial charge in [-0.15, -0.1) is 0 Å². The molecule has 0 spiro atoms. The van der Waals surface area contributed by atoms with Crippen molar-refractivity contribution >= 4 is 18.0 Å². The number of nitrogens with zero attached hydrogens (tertiary/aromatic N) is 1. The first-order valence-electron chi connectivity index (χ1n) is 9.54. The van der Waals surface area contributed by atoms with E-state index in [1.807, 2.05) is 85.8 Å². The van der Waals surface area contributed by atoms with Crippen LogP contribution in [0.5, 0.6) is 5.75 Å². The highest BCUT2D eigenvalue weighted by atomic mass is 16.5. The normalized spacial score (nSPS) is 10.6. The summed E-state index contributed by atoms with van der Waals surface area (Å²) in [6, 6.07) is 24.8. The number of para-hydroxylation sites is 1. The standard InChI is InChI=1S/C24H23N3O3/c1-18-11-13-20(14-12-18)17-30-22-10-6-5-9-21(22)16-26-27-24(29)23(28)25-15-19-7-3-2-4-8-19/h2-14,16H,15,17H2,1H3,(H,25,28)(H,27,29)/b26-16-. The second-order valence-electron chi connectivity index (χ2n) is 6.68. The molecule has 0 heterocycles. The average Bonchev–Trinajstić information content (AvgIpc) is 2.78. The summed E-state index contributed by atoms with van der Waals surface area (Å²) in [7, 11) is 0. The summed E-state index contributed by atoms with van der Waals surface area (Å²) in [5.74, 6) is -0.954. The average molecular weight is 401 g/mol. The fraction of sp³-hybridized carbons (Fsp3) is 0.125. The molecule has 0 saturated heterocycles. The van der Waals surface area contributed by atoms with E-state index in [1.165, 1.54) is 11.8 Å². The maximum absolute atomic E-state index is 11.9. The molecule has 6 heteroatoms. The fourth-order valence-corrected chi connectivity index (χ4v) is 2.63. The van der Waals surface area contributed by atoms with Crippen LogP contribution in [0.25, 0.3) is 0 Å². The molecule has 2 N–H and O–H groups in total. The van der Waals surface area contributed by atoms with Crippen LogP contribution in [0, 0.1) is 6.92 Å². The first kappa shape index (κ1) is 20.8. The molecule has 0 radical (unpaired) electrons. The zero-order valence-corrected chi connectivity index (χ0v) is 16.7. The molecular formula is C24H23N3O3. The van der Waals surface area contributed by atoms with E-state index < -0.39 is 11.8 Å². The molecule has 0 aromatic heterocycles. The Labute approximate surface area is 175 Å². The summed E-state index contributed by atoms with van der Waals surface area (Å²) < 4.78 is 5.87. The van der Waals surface area contributed by atoms with Crippen LogP contribution in [-0.2, 0) is 22.7 Å². The van der Waals surface area contributed by atoms with Crippen molar-refractivity contribution in [2.24, 2.45) is 5.10 Å². The van der Waals surface area contributed by atoms with Gasteiger partial charge in [0.25, 0.3) is 0 Å². The third kappa shape index (κ3) is 6.31. The van der Waals surface area contributed by atoms with Crippen molar-refractivity contribution in [3.8, 4) is 5.75 Å². The Kier molecular flexibility index (Phi) is 7.33. The van der Waals surface area contributed by atoms with Gasteiger partial charge in [-0.25, -0.2) is 5.43 Å². The second kappa shape index (κ2) is 10.6. The van der Waals surface area contributed by atoms with Crippen molar-refractivity contribution in [1.82, 2.24) is 10.7 Å². The Morgan fingerprint density at radius 1 is 0.867 bits per heavy atom. The second-order valence-corrected chi connectivity index (χ2v) is 6.68. The monoisotopic (exact) mass is 401 g/mol. The van der Waals surface area contributed by atoms with Crippen LogP contribution in [0.1, 0.15) is 22.3 Å². The molecule has 0 aliphatic carbocycles. The maximum Gasteiger partial charge on any atom is 0.329 e. The number of aryl methyl sites for hydroxylation is 1. The van der Waals surface area contributed by atoms with E-state index in [2.05, 4.69) is 15.8 Å². The van der Waals surface area contributed by atoms with Crippen LogP contribution in [0.2, 0.25) is 0 Å². The van der Waals surface area contributed by atoms with Crippen LogP contribution in [-0.4, -0.2) is 18.0 Å². The van der Waals surface area contributed by atoms with Gasteiger partial charge in [0.05, 0.1) is 6.21 Å². The number of ether oxygens (including phenoxy) is 1. The first-order valence-corrected chi connectivity index (χ1v) is 9.54. The van der Waals surface area contributed by atoms with Crippen LogP contribution < -0.4 is 15.5 Å². The summed E-state index contributed by atoms with van der Waals surface area (Å²) >= 11 is 0. The van der Waals surface area contributed by atoms with E-state index in [0.29, 0.717) is 17.9 Å². The van der Waals surface area contributed by atoms with Gasteiger partial charge >= 0.3 is 11.8 Å². The molecule has 0 bridgehead atoms. The molecular weight excluding hydrogens is 378 g/mol. The van der Waals surface area contributed by atoms with Gasteiger partial charge in [-0.3, -0.25) is 9.59 Å². The van der Waals surface area contributed by atoms with Gasteiger partial charge in [-0.1, -0.05) is 72.3 Å². The maximum atomic E-state index is 11.9. The number of benzene rings is 3. The molecule has 0 aliphatic rings. The first-order chi connectivity index (χ1) is 14.6. The van der Waals surface area contributed by atoms with E-state index in [9.17, 15) is 9.59 Å². The predicted molar refractivity (Wildman–Crippen MR) is 116 cm³/mol. The molecule has 3 rings (SSSR count). The zero-order valence-electron chi connectivity index (χ0n) is 16.7. The van der Waals surface area contributed by atoms with Crippen molar-refractivity contribution in [2.75, 3.05) is 0 Å². The van der Waals surface area contributed by atoms with Crippen molar-refractivity contribution in [2.45, 2.75) is 20.1 Å². The van der Waals surface area contributed by atoms with Crippen LogP contribution in [0.3, 0.4) is 0 Å². The summed E-state index contributed by atoms with van der Waals surface area (Å²) in [4.78, 5) is 23.8. The van der Waals surface area contributed by atoms with E-state index in [1.54, 1.807) is 0 Å². The molecule has 0 saturated carbocycles. The number of hydrazone groups is 1. The predicted octanol–water partition coefficient (Wildman–Crippen LogP) is 3.34. The Balaban J connectivity index is 1.52. The van der Waals surface area contributed by atoms with Gasteiger partial charge in [-0.05, 0) is 30.2 Å². The lowest BCUT2D eigenvalue weighted by Gasteiger charge is -2.09.